The molecule has 8 nitrogen and oxygen atoms in total. The highest BCUT2D eigenvalue weighted by molar-refractivity contribution is 8.01. The van der Waals surface area contributed by atoms with Crippen LogP contribution in [0.2, 0.25) is 15.1 Å². The Bertz CT molecular complexity index is 1090. The molecule has 0 aliphatic heterocycles. The fourth-order valence-electron chi connectivity index (χ4n) is 2.10. The van der Waals surface area contributed by atoms with Crippen LogP contribution in [0.3, 0.4) is 0 Å². The second-order valence-electron chi connectivity index (χ2n) is 5.22. The molecule has 0 atom stereocenters. The van der Waals surface area contributed by atoms with Gasteiger partial charge >= 0.3 is 11.7 Å². The number of hydrogen-bond donors (Lipinski definition) is 1. The maximum absolute atomic E-state index is 12.5. The molecule has 0 spiro atoms. The molecule has 3 rings (SSSR count). The molecule has 0 unspecified atom stereocenters. The Morgan fingerprint density at radius 3 is 2.52 bits per heavy atom. The third kappa shape index (κ3) is 4.90. The Kier molecular flexibility index (Phi) is 6.81. The van der Waals surface area contributed by atoms with Gasteiger partial charge in [-0.05, 0) is 28.1 Å². The number of aromatic nitrogens is 2. The second kappa shape index (κ2) is 9.14. The van der Waals surface area contributed by atoms with Gasteiger partial charge in [0.2, 0.25) is 0 Å². The zero-order valence-electron chi connectivity index (χ0n) is 14.3. The van der Waals surface area contributed by atoms with Gasteiger partial charge in [0.05, 0.1) is 27.1 Å². The van der Waals surface area contributed by atoms with Crippen molar-refractivity contribution in [2.24, 2.45) is 0 Å². The van der Waals surface area contributed by atoms with Gasteiger partial charge in [-0.3, -0.25) is 9.78 Å². The number of nitro groups is 1. The minimum atomic E-state index is -0.678. The molecule has 2 aromatic heterocycles. The van der Waals surface area contributed by atoms with Crippen LogP contribution in [0.4, 0.5) is 11.5 Å². The number of thiazole rings is 1. The molecule has 0 saturated heterocycles. The van der Waals surface area contributed by atoms with Crippen LogP contribution >= 0.6 is 57.9 Å². The molecule has 1 aromatic carbocycles. The van der Waals surface area contributed by atoms with Crippen molar-refractivity contribution in [2.45, 2.75) is 9.10 Å². The van der Waals surface area contributed by atoms with Gasteiger partial charge in [-0.25, -0.2) is 0 Å². The first-order valence-corrected chi connectivity index (χ1v) is 10.3. The van der Waals surface area contributed by atoms with E-state index in [-0.39, 0.29) is 19.3 Å². The molecule has 0 aliphatic rings. The molecule has 13 heteroatoms. The van der Waals surface area contributed by atoms with Crippen LogP contribution in [0.1, 0.15) is 9.80 Å². The quantitative estimate of drug-likeness (QED) is 0.342. The van der Waals surface area contributed by atoms with Gasteiger partial charge < -0.3 is 20.2 Å². The van der Waals surface area contributed by atoms with Crippen LogP contribution in [-0.2, 0) is 0 Å². The Hall–Kier alpha value is -2.11. The first kappa shape index (κ1) is 21.6. The van der Waals surface area contributed by atoms with E-state index in [0.29, 0.717) is 21.4 Å². The zero-order valence-corrected chi connectivity index (χ0v) is 18.2. The minimum absolute atomic E-state index is 0.104. The van der Waals surface area contributed by atoms with E-state index < -0.39 is 16.6 Å². The van der Waals surface area contributed by atoms with Gasteiger partial charge in [0.1, 0.15) is 5.75 Å². The average molecular weight is 492 g/mol. The summed E-state index contributed by atoms with van der Waals surface area (Å²) in [5.41, 5.74) is 0.382. The number of benzene rings is 1. The van der Waals surface area contributed by atoms with Crippen molar-refractivity contribution < 1.29 is 14.5 Å². The van der Waals surface area contributed by atoms with Crippen LogP contribution in [0.15, 0.2) is 39.7 Å². The molecule has 3 aromatic rings. The summed E-state index contributed by atoms with van der Waals surface area (Å²) < 4.78 is 5.21. The third-order valence-corrected chi connectivity index (χ3v) is 6.80. The summed E-state index contributed by atoms with van der Waals surface area (Å²) in [7, 11) is 1.47. The molecule has 29 heavy (non-hydrogen) atoms. The van der Waals surface area contributed by atoms with Crippen LogP contribution in [0.25, 0.3) is 0 Å². The molecule has 0 fully saturated rings. The predicted molar refractivity (Wildman–Crippen MR) is 113 cm³/mol. The summed E-state index contributed by atoms with van der Waals surface area (Å²) in [6.45, 7) is 0. The molecule has 1 amide bonds. The summed E-state index contributed by atoms with van der Waals surface area (Å²) in [5.74, 6) is -0.653. The number of ether oxygens (including phenoxy) is 1. The highest BCUT2D eigenvalue weighted by Gasteiger charge is 2.29. The summed E-state index contributed by atoms with van der Waals surface area (Å²) in [6.07, 6.45) is 2.73. The molecule has 2 heterocycles. The van der Waals surface area contributed by atoms with Crippen LogP contribution in [0.5, 0.6) is 5.75 Å². The Labute approximate surface area is 187 Å². The highest BCUT2D eigenvalue weighted by atomic mass is 35.5. The third-order valence-electron chi connectivity index (χ3n) is 3.36. The Morgan fingerprint density at radius 1 is 1.24 bits per heavy atom. The predicted octanol–water partition coefficient (Wildman–Crippen LogP) is 5.82. The van der Waals surface area contributed by atoms with Crippen LogP contribution < -0.4 is 10.1 Å². The van der Waals surface area contributed by atoms with E-state index in [0.717, 1.165) is 23.1 Å². The van der Waals surface area contributed by atoms with E-state index in [1.165, 1.54) is 25.6 Å². The number of nitrogens with one attached hydrogen (secondary N) is 1. The van der Waals surface area contributed by atoms with Crippen molar-refractivity contribution in [1.29, 1.82) is 0 Å². The van der Waals surface area contributed by atoms with E-state index in [2.05, 4.69) is 15.3 Å². The first-order chi connectivity index (χ1) is 13.8. The molecular formula is C16H9Cl3N4O4S2. The van der Waals surface area contributed by atoms with Gasteiger partial charge in [-0.2, -0.15) is 0 Å². The molecular weight excluding hydrogens is 483 g/mol. The van der Waals surface area contributed by atoms with E-state index >= 15 is 0 Å². The lowest BCUT2D eigenvalue weighted by Gasteiger charge is -2.06. The largest absolute Gasteiger partial charge is 0.495 e. The normalized spacial score (nSPS) is 10.6. The van der Waals surface area contributed by atoms with Gasteiger partial charge in [0.15, 0.2) is 4.21 Å². The van der Waals surface area contributed by atoms with Crippen molar-refractivity contribution in [3.8, 4) is 5.75 Å². The maximum Gasteiger partial charge on any atom is 0.389 e. The number of methoxy groups -OCH3 is 1. The number of halogens is 3. The Balaban J connectivity index is 1.89. The Morgan fingerprint density at radius 2 is 1.93 bits per heavy atom. The fourth-order valence-corrected chi connectivity index (χ4v) is 4.96. The number of carbonyl (C=O) groups is 1. The van der Waals surface area contributed by atoms with Crippen molar-refractivity contribution in [1.82, 2.24) is 9.97 Å². The number of carbonyl (C=O) groups excluding carboxylic acids is 1. The SMILES string of the molecule is COc1ccc(NC(=O)c2nc([N+](=O)[O-])c(Sc3c(Cl)cncc3Cl)s2)cc1Cl. The number of hydrogen-bond acceptors (Lipinski definition) is 8. The smallest absolute Gasteiger partial charge is 0.389 e. The summed E-state index contributed by atoms with van der Waals surface area (Å²) in [4.78, 5) is 31.3. The van der Waals surface area contributed by atoms with E-state index in [4.69, 9.17) is 39.5 Å². The molecule has 1 N–H and O–H groups in total. The molecule has 0 saturated carbocycles. The van der Waals surface area contributed by atoms with Crippen molar-refractivity contribution in [2.75, 3.05) is 12.4 Å². The fraction of sp³-hybridized carbons (Fsp3) is 0.0625. The van der Waals surface area contributed by atoms with E-state index in [1.54, 1.807) is 12.1 Å². The molecule has 150 valence electrons. The minimum Gasteiger partial charge on any atom is -0.495 e. The summed E-state index contributed by atoms with van der Waals surface area (Å²) >= 11 is 20.0. The molecule has 0 bridgehead atoms. The van der Waals surface area contributed by atoms with E-state index in [1.807, 2.05) is 0 Å². The highest BCUT2D eigenvalue weighted by Crippen LogP contribution is 2.44. The van der Waals surface area contributed by atoms with Crippen LogP contribution in [0, 0.1) is 10.1 Å². The van der Waals surface area contributed by atoms with Crippen molar-refractivity contribution in [3.05, 3.63) is 60.8 Å². The number of anilines is 1. The first-order valence-electron chi connectivity index (χ1n) is 7.57. The molecule has 0 radical (unpaired) electrons. The monoisotopic (exact) mass is 490 g/mol. The standard InChI is InChI=1S/C16H9Cl3N4O4S2/c1-27-11-3-2-7(4-8(11)17)21-14(24)15-22-13(23(25)26)16(29-15)28-12-9(18)5-20-6-10(12)19/h2-6H,1H3,(H,21,24). The number of pyridine rings is 1. The van der Waals surface area contributed by atoms with Gasteiger partial charge in [-0.15, -0.1) is 0 Å². The lowest BCUT2D eigenvalue weighted by molar-refractivity contribution is -0.391. The molecule has 0 aliphatic carbocycles. The summed E-state index contributed by atoms with van der Waals surface area (Å²) in [5, 5.41) is 14.6. The van der Waals surface area contributed by atoms with E-state index in [9.17, 15) is 14.9 Å². The lowest BCUT2D eigenvalue weighted by atomic mass is 10.3. The number of nitrogens with zero attached hydrogens (tertiary/aromatic N) is 3. The zero-order chi connectivity index (χ0) is 21.1. The average Bonchev–Trinajstić information content (AvgIpc) is 3.09. The van der Waals surface area contributed by atoms with Gasteiger partial charge in [-0.1, -0.05) is 57.9 Å². The van der Waals surface area contributed by atoms with Gasteiger partial charge in [0, 0.05) is 18.1 Å². The van der Waals surface area contributed by atoms with Crippen LogP contribution in [-0.4, -0.2) is 27.9 Å². The maximum atomic E-state index is 12.5. The second-order valence-corrected chi connectivity index (χ2v) is 8.72. The van der Waals surface area contributed by atoms with Gasteiger partial charge in [0.25, 0.3) is 5.01 Å². The summed E-state index contributed by atoms with van der Waals surface area (Å²) in [6, 6.07) is 4.65. The van der Waals surface area contributed by atoms with Crippen molar-refractivity contribution >= 4 is 75.3 Å². The van der Waals surface area contributed by atoms with Crippen molar-refractivity contribution in [3.63, 3.8) is 0 Å². The number of amides is 1. The topological polar surface area (TPSA) is 107 Å². The lowest BCUT2D eigenvalue weighted by Crippen LogP contribution is -2.11. The number of rotatable bonds is 6.